The van der Waals surface area contributed by atoms with Gasteiger partial charge in [0, 0.05) is 23.5 Å². The van der Waals surface area contributed by atoms with E-state index < -0.39 is 12.0 Å². The molecule has 1 aromatic carbocycles. The lowest BCUT2D eigenvalue weighted by molar-refractivity contribution is -0.144. The summed E-state index contributed by atoms with van der Waals surface area (Å²) in [5, 5.41) is 18.7. The lowest BCUT2D eigenvalue weighted by Gasteiger charge is -2.08. The van der Waals surface area contributed by atoms with Gasteiger partial charge >= 0.3 is 6.18 Å². The minimum absolute atomic E-state index is 0.171. The van der Waals surface area contributed by atoms with Crippen LogP contribution in [0.4, 0.5) is 13.2 Å². The maximum absolute atomic E-state index is 12.4. The molecule has 102 valence electrons. The van der Waals surface area contributed by atoms with Gasteiger partial charge < -0.3 is 5.11 Å². The van der Waals surface area contributed by atoms with E-state index in [0.29, 0.717) is 0 Å². The molecule has 2 aromatic rings. The fraction of sp³-hybridized carbons (Fsp3) is 0.0833. The van der Waals surface area contributed by atoms with E-state index in [-0.39, 0.29) is 26.9 Å². The molecule has 0 aliphatic heterocycles. The number of benzene rings is 1. The van der Waals surface area contributed by atoms with Gasteiger partial charge in [-0.05, 0) is 28.1 Å². The molecule has 0 bridgehead atoms. The van der Waals surface area contributed by atoms with Crippen LogP contribution in [-0.2, 0) is 6.18 Å². The van der Waals surface area contributed by atoms with Gasteiger partial charge in [0.1, 0.15) is 5.75 Å². The number of aromatic hydroxyl groups is 1. The van der Waals surface area contributed by atoms with Gasteiger partial charge in [-0.15, -0.1) is 0 Å². The Balaban J connectivity index is 2.53. The van der Waals surface area contributed by atoms with Crippen molar-refractivity contribution < 1.29 is 18.3 Å². The number of phenols is 1. The summed E-state index contributed by atoms with van der Waals surface area (Å²) >= 11 is 3.06. The molecule has 0 unspecified atom stereocenters. The van der Waals surface area contributed by atoms with Gasteiger partial charge in [-0.1, -0.05) is 0 Å². The molecular weight excluding hydrogens is 339 g/mol. The highest BCUT2D eigenvalue weighted by atomic mass is 79.9. The number of nitrogens with zero attached hydrogens (tertiary/aromatic N) is 3. The van der Waals surface area contributed by atoms with Gasteiger partial charge in [0.05, 0.1) is 16.1 Å². The lowest BCUT2D eigenvalue weighted by Crippen LogP contribution is -2.10. The zero-order valence-corrected chi connectivity index (χ0v) is 11.2. The number of phenolic OH excluding ortho intramolecular Hbond substituents is 1. The second kappa shape index (κ2) is 5.09. The molecule has 1 N–H and O–H groups in total. The monoisotopic (exact) mass is 343 g/mol. The first-order chi connectivity index (χ1) is 9.32. The van der Waals surface area contributed by atoms with E-state index in [1.54, 1.807) is 0 Å². The van der Waals surface area contributed by atoms with Crippen LogP contribution in [-0.4, -0.2) is 15.1 Å². The van der Waals surface area contributed by atoms with Gasteiger partial charge in [-0.2, -0.15) is 18.4 Å². The van der Waals surface area contributed by atoms with Crippen LogP contribution in [0.5, 0.6) is 5.75 Å². The van der Waals surface area contributed by atoms with Crippen LogP contribution in [0.25, 0.3) is 11.1 Å². The van der Waals surface area contributed by atoms with Crippen LogP contribution in [0, 0.1) is 11.3 Å². The van der Waals surface area contributed by atoms with Crippen molar-refractivity contribution in [3.8, 4) is 22.9 Å². The Labute approximate surface area is 119 Å². The summed E-state index contributed by atoms with van der Waals surface area (Å²) in [5.74, 6) is -1.47. The summed E-state index contributed by atoms with van der Waals surface area (Å²) in [7, 11) is 0. The summed E-state index contributed by atoms with van der Waals surface area (Å²) in [4.78, 5) is 6.41. The first kappa shape index (κ1) is 14.3. The van der Waals surface area contributed by atoms with E-state index in [1.807, 2.05) is 6.07 Å². The highest BCUT2D eigenvalue weighted by molar-refractivity contribution is 9.10. The van der Waals surface area contributed by atoms with Crippen molar-refractivity contribution in [1.82, 2.24) is 9.97 Å². The van der Waals surface area contributed by atoms with E-state index in [0.717, 1.165) is 12.4 Å². The molecule has 0 saturated carbocycles. The highest BCUT2D eigenvalue weighted by Gasteiger charge is 2.34. The largest absolute Gasteiger partial charge is 0.506 e. The van der Waals surface area contributed by atoms with Crippen molar-refractivity contribution in [2.45, 2.75) is 6.18 Å². The number of nitriles is 1. The number of rotatable bonds is 1. The van der Waals surface area contributed by atoms with Gasteiger partial charge in [0.2, 0.25) is 5.82 Å². The number of alkyl halides is 3. The van der Waals surface area contributed by atoms with Gasteiger partial charge in [-0.3, -0.25) is 0 Å². The smallest absolute Gasteiger partial charge is 0.451 e. The topological polar surface area (TPSA) is 69.8 Å². The van der Waals surface area contributed by atoms with Crippen molar-refractivity contribution in [3.05, 3.63) is 40.4 Å². The van der Waals surface area contributed by atoms with Crippen molar-refractivity contribution >= 4 is 15.9 Å². The lowest BCUT2D eigenvalue weighted by atomic mass is 10.1. The van der Waals surface area contributed by atoms with Crippen LogP contribution in [0.15, 0.2) is 29.0 Å². The summed E-state index contributed by atoms with van der Waals surface area (Å²) in [6, 6.07) is 4.61. The van der Waals surface area contributed by atoms with Gasteiger partial charge in [0.15, 0.2) is 0 Å². The average molecular weight is 344 g/mol. The predicted molar refractivity (Wildman–Crippen MR) is 66.5 cm³/mol. The minimum Gasteiger partial charge on any atom is -0.506 e. The SMILES string of the molecule is N#Cc1cc(Br)c(O)c(-c2cnc(C(F)(F)F)nc2)c1. The molecule has 1 aromatic heterocycles. The van der Waals surface area contributed by atoms with E-state index in [4.69, 9.17) is 5.26 Å². The Hall–Kier alpha value is -2.14. The quantitative estimate of drug-likeness (QED) is 0.860. The molecule has 0 spiro atoms. The summed E-state index contributed by atoms with van der Waals surface area (Å²) in [6.07, 6.45) is -2.74. The third kappa shape index (κ3) is 2.72. The Morgan fingerprint density at radius 3 is 2.30 bits per heavy atom. The summed E-state index contributed by atoms with van der Waals surface area (Å²) in [6.45, 7) is 0. The number of aromatic nitrogens is 2. The molecule has 0 aliphatic carbocycles. The van der Waals surface area contributed by atoms with Crippen LogP contribution in [0.1, 0.15) is 11.4 Å². The van der Waals surface area contributed by atoms with E-state index in [1.165, 1.54) is 12.1 Å². The molecule has 0 radical (unpaired) electrons. The zero-order chi connectivity index (χ0) is 14.9. The fourth-order valence-electron chi connectivity index (χ4n) is 1.50. The molecule has 0 aliphatic rings. The van der Waals surface area contributed by atoms with Crippen LogP contribution in [0.3, 0.4) is 0 Å². The molecule has 0 fully saturated rings. The fourth-order valence-corrected chi connectivity index (χ4v) is 1.96. The Morgan fingerprint density at radius 1 is 1.20 bits per heavy atom. The number of halogens is 4. The average Bonchev–Trinajstić information content (AvgIpc) is 2.41. The maximum Gasteiger partial charge on any atom is 0.451 e. The molecule has 0 amide bonds. The predicted octanol–water partition coefficient (Wildman–Crippen LogP) is 3.50. The van der Waals surface area contributed by atoms with Crippen molar-refractivity contribution in [2.24, 2.45) is 0 Å². The molecule has 4 nitrogen and oxygen atoms in total. The van der Waals surface area contributed by atoms with E-state index in [9.17, 15) is 18.3 Å². The minimum atomic E-state index is -4.63. The van der Waals surface area contributed by atoms with Gasteiger partial charge in [0.25, 0.3) is 0 Å². The highest BCUT2D eigenvalue weighted by Crippen LogP contribution is 2.36. The second-order valence-corrected chi connectivity index (χ2v) is 4.61. The molecule has 8 heteroatoms. The van der Waals surface area contributed by atoms with Crippen LogP contribution in [0.2, 0.25) is 0 Å². The normalized spacial score (nSPS) is 11.2. The third-order valence-corrected chi connectivity index (χ3v) is 3.01. The standard InChI is InChI=1S/C12H5BrF3N3O/c13-9-2-6(3-17)1-8(10(9)20)7-4-18-11(19-5-7)12(14,15)16/h1-2,4-5,20H. The van der Waals surface area contributed by atoms with Crippen LogP contribution >= 0.6 is 15.9 Å². The second-order valence-electron chi connectivity index (χ2n) is 3.76. The van der Waals surface area contributed by atoms with E-state index in [2.05, 4.69) is 25.9 Å². The molecule has 0 atom stereocenters. The first-order valence-electron chi connectivity index (χ1n) is 5.15. The number of hydrogen-bond donors (Lipinski definition) is 1. The molecule has 20 heavy (non-hydrogen) atoms. The van der Waals surface area contributed by atoms with Crippen LogP contribution < -0.4 is 0 Å². The zero-order valence-electron chi connectivity index (χ0n) is 9.61. The molecular formula is C12H5BrF3N3O. The number of hydrogen-bond acceptors (Lipinski definition) is 4. The van der Waals surface area contributed by atoms with Crippen molar-refractivity contribution in [1.29, 1.82) is 5.26 Å². The summed E-state index contributed by atoms with van der Waals surface area (Å²) in [5.41, 5.74) is 0.586. The Morgan fingerprint density at radius 2 is 1.80 bits per heavy atom. The molecule has 0 saturated heterocycles. The summed E-state index contributed by atoms with van der Waals surface area (Å²) < 4.78 is 37.3. The Kier molecular flexibility index (Phi) is 3.63. The van der Waals surface area contributed by atoms with Gasteiger partial charge in [-0.25, -0.2) is 9.97 Å². The third-order valence-electron chi connectivity index (χ3n) is 2.41. The van der Waals surface area contributed by atoms with Crippen molar-refractivity contribution in [2.75, 3.05) is 0 Å². The molecule has 2 rings (SSSR count). The maximum atomic E-state index is 12.4. The molecule has 1 heterocycles. The Bertz CT molecular complexity index is 693. The first-order valence-corrected chi connectivity index (χ1v) is 5.94. The van der Waals surface area contributed by atoms with E-state index >= 15 is 0 Å². The van der Waals surface area contributed by atoms with Crippen molar-refractivity contribution in [3.63, 3.8) is 0 Å².